The van der Waals surface area contributed by atoms with Crippen LogP contribution in [0.4, 0.5) is 4.39 Å². The van der Waals surface area contributed by atoms with E-state index in [1.165, 1.54) is 12.6 Å². The molecule has 0 aromatic rings. The lowest BCUT2D eigenvalue weighted by Crippen LogP contribution is -2.67. The Labute approximate surface area is 247 Å². The highest BCUT2D eigenvalue weighted by molar-refractivity contribution is 5.81. The van der Waals surface area contributed by atoms with Gasteiger partial charge in [0.25, 0.3) is 0 Å². The number of alkyl halides is 1. The number of amides is 1. The first kappa shape index (κ1) is 32.7. The Hall–Kier alpha value is -1.17. The molecule has 3 fully saturated rings. The van der Waals surface area contributed by atoms with Crippen molar-refractivity contribution in [2.45, 2.75) is 115 Å². The lowest BCUT2D eigenvalue weighted by molar-refractivity contribution is -0.128. The smallest absolute Gasteiger partial charge is 0.228 e. The number of hydrogen-bond acceptors (Lipinski definition) is 8. The number of aliphatic imine (C=N–C) groups is 1. The zero-order valence-corrected chi connectivity index (χ0v) is 25.9. The average Bonchev–Trinajstić information content (AvgIpc) is 2.97. The van der Waals surface area contributed by atoms with Crippen LogP contribution in [0.2, 0.25) is 0 Å². The maximum Gasteiger partial charge on any atom is 0.228 e. The van der Waals surface area contributed by atoms with Crippen molar-refractivity contribution in [2.75, 3.05) is 52.5 Å². The molecule has 6 unspecified atom stereocenters. The summed E-state index contributed by atoms with van der Waals surface area (Å²) < 4.78 is 20.1. The number of piperazine rings is 1. The van der Waals surface area contributed by atoms with Crippen LogP contribution >= 0.6 is 0 Å². The number of nitrogens with one attached hydrogen (secondary N) is 2. The highest BCUT2D eigenvalue weighted by atomic mass is 19.1. The molecule has 41 heavy (non-hydrogen) atoms. The Kier molecular flexibility index (Phi) is 12.4. The molecule has 7 atom stereocenters. The van der Waals surface area contributed by atoms with Gasteiger partial charge in [0.05, 0.1) is 24.2 Å². The lowest BCUT2D eigenvalue weighted by atomic mass is 9.73. The maximum absolute atomic E-state index is 14.5. The van der Waals surface area contributed by atoms with Gasteiger partial charge >= 0.3 is 0 Å². The van der Waals surface area contributed by atoms with Gasteiger partial charge in [-0.3, -0.25) is 19.6 Å². The fourth-order valence-corrected chi connectivity index (χ4v) is 7.72. The number of nitrogens with zero attached hydrogens (tertiary/aromatic N) is 3. The summed E-state index contributed by atoms with van der Waals surface area (Å²) in [7, 11) is 0. The first-order valence-corrected chi connectivity index (χ1v) is 16.5. The van der Waals surface area contributed by atoms with Crippen LogP contribution in [-0.4, -0.2) is 111 Å². The molecule has 0 spiro atoms. The third-order valence-corrected chi connectivity index (χ3v) is 10.6. The number of unbranched alkanes of at least 4 members (excludes halogenated alkanes) is 1. The van der Waals surface area contributed by atoms with Crippen molar-refractivity contribution in [3.8, 4) is 0 Å². The van der Waals surface area contributed by atoms with E-state index >= 15 is 0 Å². The number of ether oxygens (including phenoxy) is 1. The van der Waals surface area contributed by atoms with Crippen molar-refractivity contribution in [3.63, 3.8) is 0 Å². The third-order valence-electron chi connectivity index (χ3n) is 10.6. The van der Waals surface area contributed by atoms with Crippen LogP contribution in [-0.2, 0) is 9.53 Å². The van der Waals surface area contributed by atoms with Crippen LogP contribution in [0.15, 0.2) is 4.99 Å². The largest absolute Gasteiger partial charge is 0.381 e. The number of rotatable bonds is 10. The van der Waals surface area contributed by atoms with Gasteiger partial charge in [0.2, 0.25) is 5.91 Å². The zero-order valence-electron chi connectivity index (χ0n) is 25.9. The molecule has 4 rings (SSSR count). The molecule has 9 nitrogen and oxygen atoms in total. The van der Waals surface area contributed by atoms with Crippen LogP contribution in [0.1, 0.15) is 78.6 Å². The molecule has 6 N–H and O–H groups in total. The minimum atomic E-state index is -1.10. The topological polar surface area (TPSA) is 121 Å². The molecule has 236 valence electrons. The van der Waals surface area contributed by atoms with Gasteiger partial charge in [-0.15, -0.1) is 0 Å². The average molecular weight is 580 g/mol. The molecular formula is C31H58FN7O2. The molecule has 0 aromatic heterocycles. The van der Waals surface area contributed by atoms with Gasteiger partial charge in [-0.25, -0.2) is 4.39 Å². The van der Waals surface area contributed by atoms with Crippen molar-refractivity contribution in [3.05, 3.63) is 0 Å². The molecule has 0 radical (unpaired) electrons. The van der Waals surface area contributed by atoms with Gasteiger partial charge < -0.3 is 26.8 Å². The van der Waals surface area contributed by atoms with Crippen molar-refractivity contribution in [1.82, 2.24) is 20.4 Å². The van der Waals surface area contributed by atoms with Crippen molar-refractivity contribution in [2.24, 2.45) is 33.7 Å². The van der Waals surface area contributed by atoms with Gasteiger partial charge in [0.1, 0.15) is 6.17 Å². The monoisotopic (exact) mass is 579 g/mol. The second kappa shape index (κ2) is 15.5. The lowest BCUT2D eigenvalue weighted by Gasteiger charge is -2.50. The van der Waals surface area contributed by atoms with E-state index in [9.17, 15) is 9.18 Å². The highest BCUT2D eigenvalue weighted by Gasteiger charge is 2.43. The Bertz CT molecular complexity index is 833. The van der Waals surface area contributed by atoms with E-state index in [1.807, 2.05) is 0 Å². The van der Waals surface area contributed by atoms with Gasteiger partial charge in [-0.2, -0.15) is 0 Å². The van der Waals surface area contributed by atoms with E-state index < -0.39 is 24.3 Å². The first-order chi connectivity index (χ1) is 19.7. The summed E-state index contributed by atoms with van der Waals surface area (Å²) in [6.07, 6.45) is 7.92. The van der Waals surface area contributed by atoms with Crippen molar-refractivity contribution in [1.29, 1.82) is 0 Å². The van der Waals surface area contributed by atoms with E-state index in [0.717, 1.165) is 91.0 Å². The predicted octanol–water partition coefficient (Wildman–Crippen LogP) is 2.28. The standard InChI is InChI=1S/C31H58FN7O2/c1-4-6-7-22-19-35-21-26(28(22)39-14-12-38(13-15-39)24-9-16-41-17-10-24)37-30(40)27(29(33)34)25-18-31(3,5-2)11-8-23(32)20-36-25/h20,22-29,35H,4-19,21,33-34H2,1-3H3,(H,37,40)/t22?,23?,25?,26?,27?,28?,31-/m1/s1. The maximum atomic E-state index is 14.5. The molecule has 0 bridgehead atoms. The Morgan fingerprint density at radius 2 is 1.85 bits per heavy atom. The normalized spacial score (nSPS) is 35.6. The number of carbonyl (C=O) groups excluding carboxylic acids is 1. The third kappa shape index (κ3) is 8.70. The second-order valence-corrected chi connectivity index (χ2v) is 13.5. The quantitative estimate of drug-likeness (QED) is 0.293. The molecule has 0 saturated carbocycles. The molecule has 0 aromatic carbocycles. The summed E-state index contributed by atoms with van der Waals surface area (Å²) >= 11 is 0. The first-order valence-electron chi connectivity index (χ1n) is 16.5. The van der Waals surface area contributed by atoms with Crippen molar-refractivity contribution < 1.29 is 13.9 Å². The fourth-order valence-electron chi connectivity index (χ4n) is 7.72. The second-order valence-electron chi connectivity index (χ2n) is 13.5. The van der Waals surface area contributed by atoms with Crippen LogP contribution < -0.4 is 22.1 Å². The summed E-state index contributed by atoms with van der Waals surface area (Å²) in [4.78, 5) is 23.9. The Morgan fingerprint density at radius 3 is 2.51 bits per heavy atom. The molecule has 3 saturated heterocycles. The number of hydrogen-bond donors (Lipinski definition) is 4. The summed E-state index contributed by atoms with van der Waals surface area (Å²) in [5.41, 5.74) is 12.5. The molecule has 0 aliphatic carbocycles. The molecule has 10 heteroatoms. The molecule has 4 aliphatic heterocycles. The van der Waals surface area contributed by atoms with E-state index in [0.29, 0.717) is 24.8 Å². The number of halogens is 1. The van der Waals surface area contributed by atoms with E-state index in [4.69, 9.17) is 16.2 Å². The van der Waals surface area contributed by atoms with Gasteiger partial charge in [-0.05, 0) is 56.4 Å². The molecule has 1 amide bonds. The minimum absolute atomic E-state index is 0.0435. The van der Waals surface area contributed by atoms with Crippen LogP contribution in [0.3, 0.4) is 0 Å². The predicted molar refractivity (Wildman–Crippen MR) is 164 cm³/mol. The summed E-state index contributed by atoms with van der Waals surface area (Å²) in [5, 5.41) is 7.03. The Balaban J connectivity index is 1.49. The number of piperidine rings is 1. The summed E-state index contributed by atoms with van der Waals surface area (Å²) in [5.74, 6) is -0.390. The van der Waals surface area contributed by atoms with Crippen LogP contribution in [0.5, 0.6) is 0 Å². The SMILES string of the molecule is CCCCC1CNCC(NC(=O)C(C(N)N)C2C[C@](C)(CC)CCC(F)C=N2)C1N1CCN(C2CCOCC2)CC1. The number of nitrogens with two attached hydrogens (primary N) is 2. The van der Waals surface area contributed by atoms with Gasteiger partial charge in [-0.1, -0.05) is 40.0 Å². The fraction of sp³-hybridized carbons (Fsp3) is 0.935. The van der Waals surface area contributed by atoms with Crippen molar-refractivity contribution >= 4 is 12.1 Å². The van der Waals surface area contributed by atoms with Gasteiger partial charge in [0, 0.05) is 64.2 Å². The van der Waals surface area contributed by atoms with E-state index in [1.54, 1.807) is 0 Å². The molecular weight excluding hydrogens is 521 g/mol. The summed E-state index contributed by atoms with van der Waals surface area (Å²) in [6, 6.07) is 0.403. The van der Waals surface area contributed by atoms with Gasteiger partial charge in [0.15, 0.2) is 0 Å². The molecule has 4 aliphatic rings. The summed E-state index contributed by atoms with van der Waals surface area (Å²) in [6.45, 7) is 14.1. The van der Waals surface area contributed by atoms with E-state index in [-0.39, 0.29) is 23.4 Å². The minimum Gasteiger partial charge on any atom is -0.381 e. The van der Waals surface area contributed by atoms with Crippen LogP contribution in [0.25, 0.3) is 0 Å². The number of carbonyl (C=O) groups is 1. The van der Waals surface area contributed by atoms with E-state index in [2.05, 4.69) is 46.2 Å². The molecule has 4 heterocycles. The highest BCUT2D eigenvalue weighted by Crippen LogP contribution is 2.38. The van der Waals surface area contributed by atoms with Crippen LogP contribution in [0, 0.1) is 17.3 Å². The Morgan fingerprint density at radius 1 is 1.15 bits per heavy atom. The zero-order chi connectivity index (χ0) is 29.4.